The van der Waals surface area contributed by atoms with Gasteiger partial charge in [-0.1, -0.05) is 23.2 Å². The van der Waals surface area contributed by atoms with E-state index in [2.05, 4.69) is 4.98 Å². The van der Waals surface area contributed by atoms with Gasteiger partial charge < -0.3 is 4.74 Å². The Morgan fingerprint density at radius 3 is 2.84 bits per heavy atom. The Labute approximate surface area is 155 Å². The van der Waals surface area contributed by atoms with Crippen molar-refractivity contribution in [3.8, 4) is 11.9 Å². The highest BCUT2D eigenvalue weighted by molar-refractivity contribution is 7.89. The zero-order valence-corrected chi connectivity index (χ0v) is 15.2. The van der Waals surface area contributed by atoms with Crippen molar-refractivity contribution in [1.82, 2.24) is 9.29 Å². The van der Waals surface area contributed by atoms with Gasteiger partial charge in [0.25, 0.3) is 0 Å². The minimum Gasteiger partial charge on any atom is -0.473 e. The number of pyridine rings is 1. The average Bonchev–Trinajstić information content (AvgIpc) is 3.06. The molecule has 2 aromatic rings. The summed E-state index contributed by atoms with van der Waals surface area (Å²) in [6, 6.07) is 9.42. The first-order chi connectivity index (χ1) is 11.9. The molecule has 1 aliphatic rings. The summed E-state index contributed by atoms with van der Waals surface area (Å²) < 4.78 is 32.6. The van der Waals surface area contributed by atoms with E-state index in [1.54, 1.807) is 6.07 Å². The van der Waals surface area contributed by atoms with E-state index in [1.165, 1.54) is 34.8 Å². The van der Waals surface area contributed by atoms with Gasteiger partial charge in [-0.2, -0.15) is 9.57 Å². The summed E-state index contributed by atoms with van der Waals surface area (Å²) in [7, 11) is -3.77. The van der Waals surface area contributed by atoms with Crippen molar-refractivity contribution in [3.63, 3.8) is 0 Å². The Bertz CT molecular complexity index is 944. The highest BCUT2D eigenvalue weighted by Crippen LogP contribution is 2.30. The maximum absolute atomic E-state index is 12.8. The maximum Gasteiger partial charge on any atom is 0.244 e. The Morgan fingerprint density at radius 1 is 1.28 bits per heavy atom. The van der Waals surface area contributed by atoms with E-state index in [0.29, 0.717) is 29.4 Å². The molecule has 0 spiro atoms. The van der Waals surface area contributed by atoms with Crippen molar-refractivity contribution in [2.75, 3.05) is 13.1 Å². The number of benzene rings is 1. The molecular weight excluding hydrogens is 385 g/mol. The molecule has 0 amide bonds. The number of halogens is 2. The summed E-state index contributed by atoms with van der Waals surface area (Å²) in [6.45, 7) is 0.470. The lowest BCUT2D eigenvalue weighted by Gasteiger charge is -2.18. The van der Waals surface area contributed by atoms with Gasteiger partial charge in [-0.25, -0.2) is 13.4 Å². The molecule has 1 aromatic carbocycles. The molecule has 1 aromatic heterocycles. The fourth-order valence-corrected chi connectivity index (χ4v) is 4.76. The third kappa shape index (κ3) is 3.88. The van der Waals surface area contributed by atoms with Crippen LogP contribution in [0.5, 0.6) is 5.88 Å². The van der Waals surface area contributed by atoms with Crippen LogP contribution in [0.4, 0.5) is 0 Å². The number of sulfonamides is 1. The second-order valence-corrected chi connectivity index (χ2v) is 8.21. The quantitative estimate of drug-likeness (QED) is 0.791. The molecule has 0 radical (unpaired) electrons. The van der Waals surface area contributed by atoms with Crippen molar-refractivity contribution < 1.29 is 13.2 Å². The molecule has 6 nitrogen and oxygen atoms in total. The van der Waals surface area contributed by atoms with Crippen molar-refractivity contribution in [3.05, 3.63) is 52.1 Å². The molecule has 9 heteroatoms. The minimum absolute atomic E-state index is 0.0214. The van der Waals surface area contributed by atoms with Crippen LogP contribution in [0.3, 0.4) is 0 Å². The molecule has 2 heterocycles. The maximum atomic E-state index is 12.8. The number of hydrogen-bond acceptors (Lipinski definition) is 5. The lowest BCUT2D eigenvalue weighted by molar-refractivity contribution is 0.207. The Balaban J connectivity index is 1.76. The summed E-state index contributed by atoms with van der Waals surface area (Å²) in [4.78, 5) is 4.02. The van der Waals surface area contributed by atoms with Gasteiger partial charge in [-0.3, -0.25) is 0 Å². The molecule has 1 saturated heterocycles. The van der Waals surface area contributed by atoms with E-state index in [1.807, 2.05) is 6.07 Å². The SMILES string of the molecule is N#Cc1ccnc(OC2CCN(S(=O)(=O)c3cc(Cl)ccc3Cl)C2)c1. The number of hydrogen-bond donors (Lipinski definition) is 0. The third-order valence-corrected chi connectivity index (χ3v) is 6.35. The van der Waals surface area contributed by atoms with Gasteiger partial charge in [0.1, 0.15) is 11.0 Å². The number of aromatic nitrogens is 1. The molecular formula is C16H13Cl2N3O3S. The zero-order chi connectivity index (χ0) is 18.0. The fraction of sp³-hybridized carbons (Fsp3) is 0.250. The van der Waals surface area contributed by atoms with Crippen molar-refractivity contribution in [1.29, 1.82) is 5.26 Å². The average molecular weight is 398 g/mol. The lowest BCUT2D eigenvalue weighted by atomic mass is 10.3. The van der Waals surface area contributed by atoms with Crippen LogP contribution >= 0.6 is 23.2 Å². The molecule has 0 N–H and O–H groups in total. The zero-order valence-electron chi connectivity index (χ0n) is 12.9. The van der Waals surface area contributed by atoms with Crippen molar-refractivity contribution in [2.24, 2.45) is 0 Å². The standard InChI is InChI=1S/C16H13Cl2N3O3S/c17-12-1-2-14(18)15(8-12)25(22,23)21-6-4-13(10-21)24-16-7-11(9-19)3-5-20-16/h1-3,5,7-8,13H,4,6,10H2. The monoisotopic (exact) mass is 397 g/mol. The third-order valence-electron chi connectivity index (χ3n) is 3.77. The van der Waals surface area contributed by atoms with Crippen LogP contribution in [0, 0.1) is 11.3 Å². The normalized spacial score (nSPS) is 18.0. The van der Waals surface area contributed by atoms with E-state index in [9.17, 15) is 8.42 Å². The molecule has 0 bridgehead atoms. The molecule has 3 rings (SSSR count). The molecule has 1 unspecified atom stereocenters. The van der Waals surface area contributed by atoms with Crippen molar-refractivity contribution in [2.45, 2.75) is 17.4 Å². The highest BCUT2D eigenvalue weighted by Gasteiger charge is 2.35. The van der Waals surface area contributed by atoms with Crippen LogP contribution in [-0.2, 0) is 10.0 Å². The van der Waals surface area contributed by atoms with Crippen LogP contribution in [0.25, 0.3) is 0 Å². The predicted octanol–water partition coefficient (Wildman–Crippen LogP) is 3.10. The molecule has 25 heavy (non-hydrogen) atoms. The number of ether oxygens (including phenoxy) is 1. The van der Waals surface area contributed by atoms with Gasteiger partial charge in [0.05, 0.1) is 23.2 Å². The first-order valence-electron chi connectivity index (χ1n) is 7.38. The minimum atomic E-state index is -3.77. The van der Waals surface area contributed by atoms with E-state index >= 15 is 0 Å². The molecule has 130 valence electrons. The van der Waals surface area contributed by atoms with Crippen LogP contribution in [0.15, 0.2) is 41.4 Å². The second kappa shape index (κ2) is 7.18. The number of nitriles is 1. The smallest absolute Gasteiger partial charge is 0.244 e. The summed E-state index contributed by atoms with van der Waals surface area (Å²) in [5, 5.41) is 9.32. The highest BCUT2D eigenvalue weighted by atomic mass is 35.5. The summed E-state index contributed by atoms with van der Waals surface area (Å²) in [5.41, 5.74) is 0.429. The van der Waals surface area contributed by atoms with Crippen LogP contribution in [0.1, 0.15) is 12.0 Å². The van der Waals surface area contributed by atoms with Gasteiger partial charge in [0, 0.05) is 23.8 Å². The first-order valence-corrected chi connectivity index (χ1v) is 9.58. The molecule has 1 atom stereocenters. The predicted molar refractivity (Wildman–Crippen MR) is 93.2 cm³/mol. The Hall–Kier alpha value is -1.85. The van der Waals surface area contributed by atoms with Gasteiger partial charge in [0.2, 0.25) is 15.9 Å². The van der Waals surface area contributed by atoms with Gasteiger partial charge in [-0.05, 0) is 30.7 Å². The Kier molecular flexibility index (Phi) is 5.16. The van der Waals surface area contributed by atoms with Crippen LogP contribution in [0.2, 0.25) is 10.0 Å². The van der Waals surface area contributed by atoms with Crippen LogP contribution < -0.4 is 4.74 Å². The largest absolute Gasteiger partial charge is 0.473 e. The van der Waals surface area contributed by atoms with E-state index < -0.39 is 10.0 Å². The van der Waals surface area contributed by atoms with E-state index in [0.717, 1.165) is 0 Å². The summed E-state index contributed by atoms with van der Waals surface area (Å²) in [5.74, 6) is 0.295. The molecule has 1 fully saturated rings. The molecule has 1 aliphatic heterocycles. The number of nitrogens with zero attached hydrogens (tertiary/aromatic N) is 3. The van der Waals surface area contributed by atoms with E-state index in [-0.39, 0.29) is 22.6 Å². The van der Waals surface area contributed by atoms with Crippen molar-refractivity contribution >= 4 is 33.2 Å². The topological polar surface area (TPSA) is 83.3 Å². The van der Waals surface area contributed by atoms with E-state index in [4.69, 9.17) is 33.2 Å². The first kappa shape index (κ1) is 18.0. The summed E-state index contributed by atoms with van der Waals surface area (Å²) >= 11 is 11.9. The lowest BCUT2D eigenvalue weighted by Crippen LogP contribution is -2.31. The van der Waals surface area contributed by atoms with Crippen LogP contribution in [-0.4, -0.2) is 36.9 Å². The second-order valence-electron chi connectivity index (χ2n) is 5.46. The fourth-order valence-electron chi connectivity index (χ4n) is 2.54. The van der Waals surface area contributed by atoms with Gasteiger partial charge >= 0.3 is 0 Å². The molecule has 0 aliphatic carbocycles. The Morgan fingerprint density at radius 2 is 2.08 bits per heavy atom. The van der Waals surface area contributed by atoms with Gasteiger partial charge in [0.15, 0.2) is 0 Å². The number of rotatable bonds is 4. The summed E-state index contributed by atoms with van der Waals surface area (Å²) in [6.07, 6.45) is 1.63. The molecule has 0 saturated carbocycles. The van der Waals surface area contributed by atoms with Gasteiger partial charge in [-0.15, -0.1) is 0 Å².